The zero-order chi connectivity index (χ0) is 13.9. The normalized spacial score (nSPS) is 12.8. The van der Waals surface area contributed by atoms with E-state index in [2.05, 4.69) is 48.1 Å². The van der Waals surface area contributed by atoms with Crippen molar-refractivity contribution in [1.82, 2.24) is 15.2 Å². The molecule has 0 saturated heterocycles. The summed E-state index contributed by atoms with van der Waals surface area (Å²) in [5.74, 6) is 0. The van der Waals surface area contributed by atoms with Crippen LogP contribution < -0.4 is 5.32 Å². The maximum Gasteiger partial charge on any atom is 0.0544 e. The molecule has 0 aliphatic heterocycles. The molecule has 3 nitrogen and oxygen atoms in total. The smallest absolute Gasteiger partial charge is 0.0544 e. The van der Waals surface area contributed by atoms with Gasteiger partial charge in [-0.3, -0.25) is 9.88 Å². The predicted molar refractivity (Wildman–Crippen MR) is 82.2 cm³/mol. The molecule has 19 heavy (non-hydrogen) atoms. The minimum Gasteiger partial charge on any atom is -0.315 e. The molecule has 1 aromatic rings. The molecule has 1 N–H and O–H groups in total. The third-order valence-electron chi connectivity index (χ3n) is 3.44. The van der Waals surface area contributed by atoms with Crippen molar-refractivity contribution in [2.45, 2.75) is 52.6 Å². The first-order chi connectivity index (χ1) is 9.31. The van der Waals surface area contributed by atoms with Gasteiger partial charge in [-0.15, -0.1) is 0 Å². The molecule has 1 unspecified atom stereocenters. The van der Waals surface area contributed by atoms with E-state index in [0.717, 1.165) is 26.2 Å². The SMILES string of the molecule is CCCNCC(CCC)N(CC)Cc1ccccn1. The summed E-state index contributed by atoms with van der Waals surface area (Å²) < 4.78 is 0. The Labute approximate surface area is 118 Å². The van der Waals surface area contributed by atoms with E-state index in [-0.39, 0.29) is 0 Å². The van der Waals surface area contributed by atoms with Crippen LogP contribution in [0.5, 0.6) is 0 Å². The highest BCUT2D eigenvalue weighted by atomic mass is 15.2. The molecule has 0 aliphatic carbocycles. The second-order valence-corrected chi connectivity index (χ2v) is 5.03. The highest BCUT2D eigenvalue weighted by molar-refractivity contribution is 5.03. The lowest BCUT2D eigenvalue weighted by molar-refractivity contribution is 0.180. The fourth-order valence-electron chi connectivity index (χ4n) is 2.39. The number of hydrogen-bond acceptors (Lipinski definition) is 3. The number of nitrogens with zero attached hydrogens (tertiary/aromatic N) is 2. The Hall–Kier alpha value is -0.930. The number of pyridine rings is 1. The molecule has 0 amide bonds. The van der Waals surface area contributed by atoms with Gasteiger partial charge in [0.2, 0.25) is 0 Å². The van der Waals surface area contributed by atoms with Gasteiger partial charge in [0.05, 0.1) is 5.69 Å². The van der Waals surface area contributed by atoms with Crippen LogP contribution >= 0.6 is 0 Å². The van der Waals surface area contributed by atoms with E-state index >= 15 is 0 Å². The summed E-state index contributed by atoms with van der Waals surface area (Å²) in [4.78, 5) is 6.98. The number of likely N-dealkylation sites (N-methyl/N-ethyl adjacent to an activating group) is 1. The highest BCUT2D eigenvalue weighted by Crippen LogP contribution is 2.10. The third kappa shape index (κ3) is 6.17. The van der Waals surface area contributed by atoms with E-state index < -0.39 is 0 Å². The third-order valence-corrected chi connectivity index (χ3v) is 3.44. The summed E-state index contributed by atoms with van der Waals surface area (Å²) in [5.41, 5.74) is 1.17. The standard InChI is InChI=1S/C16H29N3/c1-4-9-16(13-17-11-5-2)19(6-3)14-15-10-7-8-12-18-15/h7-8,10,12,16-17H,4-6,9,11,13-14H2,1-3H3. The number of nitrogens with one attached hydrogen (secondary N) is 1. The van der Waals surface area contributed by atoms with Gasteiger partial charge in [0.1, 0.15) is 0 Å². The number of hydrogen-bond donors (Lipinski definition) is 1. The first kappa shape index (κ1) is 16.1. The molecular weight excluding hydrogens is 234 g/mol. The van der Waals surface area contributed by atoms with Crippen molar-refractivity contribution in [2.24, 2.45) is 0 Å². The minimum absolute atomic E-state index is 0.614. The molecule has 3 heteroatoms. The fraction of sp³-hybridized carbons (Fsp3) is 0.688. The van der Waals surface area contributed by atoms with E-state index in [1.54, 1.807) is 0 Å². The summed E-state index contributed by atoms with van der Waals surface area (Å²) in [7, 11) is 0. The Balaban J connectivity index is 2.56. The van der Waals surface area contributed by atoms with E-state index in [9.17, 15) is 0 Å². The highest BCUT2D eigenvalue weighted by Gasteiger charge is 2.16. The Bertz CT molecular complexity index is 313. The Morgan fingerprint density at radius 2 is 2.05 bits per heavy atom. The van der Waals surface area contributed by atoms with E-state index in [1.807, 2.05) is 12.3 Å². The molecule has 108 valence electrons. The fourth-order valence-corrected chi connectivity index (χ4v) is 2.39. The Kier molecular flexibility index (Phi) is 8.43. The maximum absolute atomic E-state index is 4.44. The van der Waals surface area contributed by atoms with Crippen LogP contribution in [0.2, 0.25) is 0 Å². The summed E-state index contributed by atoms with van der Waals surface area (Å²) in [6.07, 6.45) is 5.56. The van der Waals surface area contributed by atoms with Crippen LogP contribution in [-0.2, 0) is 6.54 Å². The molecular formula is C16H29N3. The summed E-state index contributed by atoms with van der Waals surface area (Å²) in [6, 6.07) is 6.78. The van der Waals surface area contributed by atoms with Crippen LogP contribution in [0.4, 0.5) is 0 Å². The van der Waals surface area contributed by atoms with Crippen molar-refractivity contribution < 1.29 is 0 Å². The van der Waals surface area contributed by atoms with Gasteiger partial charge in [0, 0.05) is 25.3 Å². The lowest BCUT2D eigenvalue weighted by Gasteiger charge is -2.30. The van der Waals surface area contributed by atoms with Crippen molar-refractivity contribution in [1.29, 1.82) is 0 Å². The lowest BCUT2D eigenvalue weighted by atomic mass is 10.1. The van der Waals surface area contributed by atoms with Gasteiger partial charge in [0.25, 0.3) is 0 Å². The first-order valence-electron chi connectivity index (χ1n) is 7.66. The van der Waals surface area contributed by atoms with Crippen LogP contribution in [0, 0.1) is 0 Å². The van der Waals surface area contributed by atoms with Crippen molar-refractivity contribution in [3.63, 3.8) is 0 Å². The predicted octanol–water partition coefficient (Wildman–Crippen LogP) is 3.07. The van der Waals surface area contributed by atoms with Crippen LogP contribution in [0.3, 0.4) is 0 Å². The second-order valence-electron chi connectivity index (χ2n) is 5.03. The van der Waals surface area contributed by atoms with Crippen molar-refractivity contribution in [2.75, 3.05) is 19.6 Å². The molecule has 0 spiro atoms. The first-order valence-corrected chi connectivity index (χ1v) is 7.66. The van der Waals surface area contributed by atoms with Crippen molar-refractivity contribution >= 4 is 0 Å². The van der Waals surface area contributed by atoms with Gasteiger partial charge in [-0.05, 0) is 38.1 Å². The van der Waals surface area contributed by atoms with Gasteiger partial charge >= 0.3 is 0 Å². The largest absolute Gasteiger partial charge is 0.315 e. The van der Waals surface area contributed by atoms with Crippen molar-refractivity contribution in [3.05, 3.63) is 30.1 Å². The van der Waals surface area contributed by atoms with Crippen LogP contribution in [0.1, 0.15) is 45.7 Å². The van der Waals surface area contributed by atoms with Crippen LogP contribution in [0.25, 0.3) is 0 Å². The molecule has 0 fully saturated rings. The van der Waals surface area contributed by atoms with Crippen molar-refractivity contribution in [3.8, 4) is 0 Å². The zero-order valence-electron chi connectivity index (χ0n) is 12.7. The van der Waals surface area contributed by atoms with Gasteiger partial charge in [-0.25, -0.2) is 0 Å². The number of rotatable bonds is 10. The number of aromatic nitrogens is 1. The Morgan fingerprint density at radius 1 is 1.21 bits per heavy atom. The summed E-state index contributed by atoms with van der Waals surface area (Å²) >= 11 is 0. The topological polar surface area (TPSA) is 28.2 Å². The summed E-state index contributed by atoms with van der Waals surface area (Å²) in [5, 5.41) is 3.56. The molecule has 0 bridgehead atoms. The average molecular weight is 263 g/mol. The van der Waals surface area contributed by atoms with Gasteiger partial charge in [-0.1, -0.05) is 33.3 Å². The average Bonchev–Trinajstić information content (AvgIpc) is 2.45. The zero-order valence-corrected chi connectivity index (χ0v) is 12.7. The quantitative estimate of drug-likeness (QED) is 0.658. The maximum atomic E-state index is 4.44. The molecule has 0 aliphatic rings. The molecule has 1 aromatic heterocycles. The van der Waals surface area contributed by atoms with E-state index in [0.29, 0.717) is 6.04 Å². The van der Waals surface area contributed by atoms with Gasteiger partial charge in [0.15, 0.2) is 0 Å². The van der Waals surface area contributed by atoms with Crippen LogP contribution in [-0.4, -0.2) is 35.6 Å². The second kappa shape index (κ2) is 9.93. The van der Waals surface area contributed by atoms with E-state index in [4.69, 9.17) is 0 Å². The van der Waals surface area contributed by atoms with E-state index in [1.165, 1.54) is 25.0 Å². The molecule has 0 radical (unpaired) electrons. The van der Waals surface area contributed by atoms with Gasteiger partial charge < -0.3 is 5.32 Å². The molecule has 1 heterocycles. The lowest BCUT2D eigenvalue weighted by Crippen LogP contribution is -2.42. The summed E-state index contributed by atoms with van der Waals surface area (Å²) in [6.45, 7) is 11.0. The Morgan fingerprint density at radius 3 is 2.63 bits per heavy atom. The molecule has 0 aromatic carbocycles. The van der Waals surface area contributed by atoms with Gasteiger partial charge in [-0.2, -0.15) is 0 Å². The minimum atomic E-state index is 0.614. The molecule has 1 atom stereocenters. The molecule has 0 saturated carbocycles. The van der Waals surface area contributed by atoms with Crippen LogP contribution in [0.15, 0.2) is 24.4 Å². The molecule has 1 rings (SSSR count). The monoisotopic (exact) mass is 263 g/mol.